The van der Waals surface area contributed by atoms with Crippen molar-refractivity contribution < 1.29 is 0 Å². The fourth-order valence-electron chi connectivity index (χ4n) is 2.03. The lowest BCUT2D eigenvalue weighted by Crippen LogP contribution is -2.05. The van der Waals surface area contributed by atoms with Crippen molar-refractivity contribution in [3.63, 3.8) is 0 Å². The number of nitrogens with one attached hydrogen (secondary N) is 1. The highest BCUT2D eigenvalue weighted by atomic mass is 32.2. The molecule has 2 aromatic heterocycles. The summed E-state index contributed by atoms with van der Waals surface area (Å²) in [7, 11) is 0. The molecule has 3 aromatic rings. The number of hydrogen-bond donors (Lipinski definition) is 2. The molecule has 5 nitrogen and oxygen atoms in total. The van der Waals surface area contributed by atoms with E-state index in [0.29, 0.717) is 11.5 Å². The zero-order valence-electron chi connectivity index (χ0n) is 11.6. The van der Waals surface area contributed by atoms with Gasteiger partial charge in [0.1, 0.15) is 17.0 Å². The van der Waals surface area contributed by atoms with Crippen LogP contribution in [0.2, 0.25) is 0 Å². The van der Waals surface area contributed by atoms with Gasteiger partial charge in [0.2, 0.25) is 0 Å². The lowest BCUT2D eigenvalue weighted by atomic mass is 10.2. The largest absolute Gasteiger partial charge is 0.394 e. The lowest BCUT2D eigenvalue weighted by molar-refractivity contribution is 1.04. The minimum atomic E-state index is 0.567. The topological polar surface area (TPSA) is 76.7 Å². The van der Waals surface area contributed by atoms with Gasteiger partial charge in [0.05, 0.1) is 5.52 Å². The highest BCUT2D eigenvalue weighted by Gasteiger charge is 2.11. The van der Waals surface area contributed by atoms with Crippen LogP contribution < -0.4 is 11.1 Å². The second kappa shape index (κ2) is 5.97. The van der Waals surface area contributed by atoms with E-state index in [1.807, 2.05) is 37.3 Å². The number of para-hydroxylation sites is 1. The third kappa shape index (κ3) is 2.75. The molecule has 3 N–H and O–H groups in total. The Labute approximate surface area is 127 Å². The SMILES string of the molecule is CCNc1ncnc(Sc2cccc3cccnc23)c1N. The first-order chi connectivity index (χ1) is 10.3. The molecule has 0 unspecified atom stereocenters. The Bertz CT molecular complexity index is 770. The first-order valence-electron chi connectivity index (χ1n) is 6.65. The van der Waals surface area contributed by atoms with Crippen LogP contribution in [0.5, 0.6) is 0 Å². The van der Waals surface area contributed by atoms with E-state index >= 15 is 0 Å². The Hall–Kier alpha value is -2.34. The fraction of sp³-hybridized carbons (Fsp3) is 0.133. The van der Waals surface area contributed by atoms with Gasteiger partial charge < -0.3 is 11.1 Å². The van der Waals surface area contributed by atoms with Gasteiger partial charge in [0.15, 0.2) is 5.82 Å². The molecule has 6 heteroatoms. The summed E-state index contributed by atoms with van der Waals surface area (Å²) in [5.41, 5.74) is 7.65. The summed E-state index contributed by atoms with van der Waals surface area (Å²) in [5.74, 6) is 0.670. The molecule has 0 amide bonds. The van der Waals surface area contributed by atoms with E-state index in [-0.39, 0.29) is 0 Å². The predicted octanol–water partition coefficient (Wildman–Crippen LogP) is 3.19. The smallest absolute Gasteiger partial charge is 0.153 e. The number of nitrogen functional groups attached to an aromatic ring is 1. The number of aromatic nitrogens is 3. The molecule has 0 bridgehead atoms. The van der Waals surface area contributed by atoms with E-state index in [2.05, 4.69) is 20.3 Å². The second-order valence-electron chi connectivity index (χ2n) is 4.40. The zero-order chi connectivity index (χ0) is 14.7. The van der Waals surface area contributed by atoms with Gasteiger partial charge in [-0.1, -0.05) is 30.0 Å². The van der Waals surface area contributed by atoms with Crippen molar-refractivity contribution >= 4 is 34.2 Å². The Balaban J connectivity index is 2.01. The summed E-state index contributed by atoms with van der Waals surface area (Å²) in [6, 6.07) is 10.0. The molecule has 2 heterocycles. The molecular weight excluding hydrogens is 282 g/mol. The van der Waals surface area contributed by atoms with E-state index in [0.717, 1.165) is 27.4 Å². The van der Waals surface area contributed by atoms with E-state index < -0.39 is 0 Å². The molecular formula is C15H15N5S. The normalized spacial score (nSPS) is 10.7. The van der Waals surface area contributed by atoms with Gasteiger partial charge in [-0.15, -0.1) is 0 Å². The molecule has 0 aliphatic heterocycles. The maximum absolute atomic E-state index is 6.13. The van der Waals surface area contributed by atoms with Crippen LogP contribution >= 0.6 is 11.8 Å². The monoisotopic (exact) mass is 297 g/mol. The minimum Gasteiger partial charge on any atom is -0.394 e. The predicted molar refractivity (Wildman–Crippen MR) is 86.5 cm³/mol. The molecule has 106 valence electrons. The van der Waals surface area contributed by atoms with Crippen LogP contribution in [0.3, 0.4) is 0 Å². The van der Waals surface area contributed by atoms with Crippen molar-refractivity contribution in [1.29, 1.82) is 0 Å². The van der Waals surface area contributed by atoms with Gasteiger partial charge in [-0.3, -0.25) is 4.98 Å². The molecule has 1 aromatic carbocycles. The Morgan fingerprint density at radius 3 is 2.86 bits per heavy atom. The van der Waals surface area contributed by atoms with E-state index in [1.165, 1.54) is 18.1 Å². The average Bonchev–Trinajstić information content (AvgIpc) is 2.52. The number of anilines is 2. The van der Waals surface area contributed by atoms with Crippen LogP contribution in [0.15, 0.2) is 52.8 Å². The minimum absolute atomic E-state index is 0.567. The zero-order valence-corrected chi connectivity index (χ0v) is 12.4. The van der Waals surface area contributed by atoms with Gasteiger partial charge in [-0.2, -0.15) is 0 Å². The second-order valence-corrected chi connectivity index (χ2v) is 5.44. The molecule has 21 heavy (non-hydrogen) atoms. The number of hydrogen-bond acceptors (Lipinski definition) is 6. The molecule has 0 saturated carbocycles. The number of pyridine rings is 1. The number of benzene rings is 1. The maximum Gasteiger partial charge on any atom is 0.153 e. The quantitative estimate of drug-likeness (QED) is 0.720. The molecule has 0 aliphatic carbocycles. The average molecular weight is 297 g/mol. The van der Waals surface area contributed by atoms with E-state index in [1.54, 1.807) is 6.20 Å². The molecule has 0 saturated heterocycles. The molecule has 0 atom stereocenters. The van der Waals surface area contributed by atoms with E-state index in [4.69, 9.17) is 5.73 Å². The van der Waals surface area contributed by atoms with Crippen LogP contribution in [-0.2, 0) is 0 Å². The van der Waals surface area contributed by atoms with Crippen LogP contribution in [0.1, 0.15) is 6.92 Å². The Morgan fingerprint density at radius 1 is 1.14 bits per heavy atom. The van der Waals surface area contributed by atoms with Crippen molar-refractivity contribution in [2.45, 2.75) is 16.8 Å². The highest BCUT2D eigenvalue weighted by Crippen LogP contribution is 2.35. The third-order valence-electron chi connectivity index (χ3n) is 2.99. The molecule has 0 spiro atoms. The standard InChI is InChI=1S/C15H15N5S/c1-2-17-14-12(16)15(20-9-19-14)21-11-7-3-5-10-6-4-8-18-13(10)11/h3-9H,2,16H2,1H3,(H,17,19,20). The van der Waals surface area contributed by atoms with Crippen LogP contribution in [0.4, 0.5) is 11.5 Å². The highest BCUT2D eigenvalue weighted by molar-refractivity contribution is 7.99. The van der Waals surface area contributed by atoms with Gasteiger partial charge in [-0.05, 0) is 19.1 Å². The number of fused-ring (bicyclic) bond motifs is 1. The number of rotatable bonds is 4. The number of nitrogens with two attached hydrogens (primary N) is 1. The summed E-state index contributed by atoms with van der Waals surface area (Å²) in [6.45, 7) is 2.77. The van der Waals surface area contributed by atoms with Gasteiger partial charge >= 0.3 is 0 Å². The molecule has 0 radical (unpaired) electrons. The first-order valence-corrected chi connectivity index (χ1v) is 7.47. The Morgan fingerprint density at radius 2 is 2.00 bits per heavy atom. The molecule has 3 rings (SSSR count). The summed E-state index contributed by atoms with van der Waals surface area (Å²) in [5, 5.41) is 4.97. The van der Waals surface area contributed by atoms with Crippen molar-refractivity contribution in [3.05, 3.63) is 42.9 Å². The third-order valence-corrected chi connectivity index (χ3v) is 4.06. The van der Waals surface area contributed by atoms with Gasteiger partial charge in [0, 0.05) is 23.0 Å². The number of nitrogens with zero attached hydrogens (tertiary/aromatic N) is 3. The van der Waals surface area contributed by atoms with Crippen molar-refractivity contribution in [2.75, 3.05) is 17.6 Å². The summed E-state index contributed by atoms with van der Waals surface area (Å²) in [6.07, 6.45) is 3.31. The van der Waals surface area contributed by atoms with Gasteiger partial charge in [-0.25, -0.2) is 9.97 Å². The summed E-state index contributed by atoms with van der Waals surface area (Å²) < 4.78 is 0. The summed E-state index contributed by atoms with van der Waals surface area (Å²) in [4.78, 5) is 13.9. The maximum atomic E-state index is 6.13. The van der Waals surface area contributed by atoms with E-state index in [9.17, 15) is 0 Å². The molecule has 0 aliphatic rings. The van der Waals surface area contributed by atoms with Crippen LogP contribution in [-0.4, -0.2) is 21.5 Å². The Kier molecular flexibility index (Phi) is 3.87. The van der Waals surface area contributed by atoms with Gasteiger partial charge in [0.25, 0.3) is 0 Å². The van der Waals surface area contributed by atoms with Crippen molar-refractivity contribution in [2.24, 2.45) is 0 Å². The fourth-order valence-corrected chi connectivity index (χ4v) is 2.96. The summed E-state index contributed by atoms with van der Waals surface area (Å²) >= 11 is 1.51. The first kappa shape index (κ1) is 13.6. The van der Waals surface area contributed by atoms with Crippen LogP contribution in [0, 0.1) is 0 Å². The molecule has 0 fully saturated rings. The van der Waals surface area contributed by atoms with Crippen LogP contribution in [0.25, 0.3) is 10.9 Å². The van der Waals surface area contributed by atoms with Crippen molar-refractivity contribution in [1.82, 2.24) is 15.0 Å². The lowest BCUT2D eigenvalue weighted by Gasteiger charge is -2.10. The van der Waals surface area contributed by atoms with Crippen molar-refractivity contribution in [3.8, 4) is 0 Å².